The molecule has 1 fully saturated rings. The fourth-order valence-electron chi connectivity index (χ4n) is 3.96. The lowest BCUT2D eigenvalue weighted by Crippen LogP contribution is -3.29. The quantitative estimate of drug-likeness (QED) is 0.485. The average Bonchev–Trinajstić information content (AvgIpc) is 2.78. The highest BCUT2D eigenvalue weighted by atomic mass is 16.5. The number of nitrogens with zero attached hydrogens (tertiary/aromatic N) is 1. The van der Waals surface area contributed by atoms with Gasteiger partial charge in [0.1, 0.15) is 38.3 Å². The van der Waals surface area contributed by atoms with E-state index >= 15 is 0 Å². The lowest BCUT2D eigenvalue weighted by atomic mass is 9.89. The van der Waals surface area contributed by atoms with Crippen LogP contribution in [0.15, 0.2) is 12.1 Å². The van der Waals surface area contributed by atoms with Gasteiger partial charge in [0.15, 0.2) is 17.5 Å². The molecule has 0 aromatic heterocycles. The predicted molar refractivity (Wildman–Crippen MR) is 118 cm³/mol. The van der Waals surface area contributed by atoms with Crippen LogP contribution in [0.3, 0.4) is 0 Å². The Morgan fingerprint density at radius 2 is 1.71 bits per heavy atom. The molecular weight excluding hydrogens is 396 g/mol. The van der Waals surface area contributed by atoms with Gasteiger partial charge in [-0.15, -0.1) is 0 Å². The molecule has 2 atom stereocenters. The van der Waals surface area contributed by atoms with E-state index in [1.54, 1.807) is 28.3 Å². The molecule has 3 N–H and O–H groups in total. The predicted octanol–water partition coefficient (Wildman–Crippen LogP) is -0.561. The number of rotatable bonds is 9. The van der Waals surface area contributed by atoms with Gasteiger partial charge in [0.05, 0.1) is 33.0 Å². The summed E-state index contributed by atoms with van der Waals surface area (Å²) in [4.78, 5) is 15.5. The Morgan fingerprint density at radius 1 is 1.10 bits per heavy atom. The molecule has 8 heteroatoms. The van der Waals surface area contributed by atoms with E-state index < -0.39 is 5.54 Å². The average molecular weight is 435 g/mol. The van der Waals surface area contributed by atoms with Crippen molar-refractivity contribution >= 4 is 5.91 Å². The van der Waals surface area contributed by atoms with Crippen molar-refractivity contribution in [2.45, 2.75) is 45.8 Å². The first kappa shape index (κ1) is 24.8. The van der Waals surface area contributed by atoms with Crippen LogP contribution in [0.5, 0.6) is 17.2 Å². The second-order valence-electron chi connectivity index (χ2n) is 8.76. The third-order valence-electron chi connectivity index (χ3n) is 6.60. The van der Waals surface area contributed by atoms with Crippen LogP contribution >= 0.6 is 0 Å². The molecule has 1 heterocycles. The van der Waals surface area contributed by atoms with E-state index in [-0.39, 0.29) is 17.9 Å². The number of nitriles is 1. The number of carbonyl (C=O) groups is 1. The van der Waals surface area contributed by atoms with Crippen LogP contribution in [0.25, 0.3) is 0 Å². The number of nitrogens with one attached hydrogen (secondary N) is 3. The summed E-state index contributed by atoms with van der Waals surface area (Å²) in [6, 6.07) is 5.99. The van der Waals surface area contributed by atoms with Crippen molar-refractivity contribution in [1.82, 2.24) is 5.32 Å². The fourth-order valence-corrected chi connectivity index (χ4v) is 3.96. The molecule has 172 valence electrons. The number of hydrogen-bond donors (Lipinski definition) is 3. The lowest BCUT2D eigenvalue weighted by molar-refractivity contribution is -1.02. The number of amides is 1. The minimum absolute atomic E-state index is 0.0430. The first-order chi connectivity index (χ1) is 14.7. The van der Waals surface area contributed by atoms with Crippen molar-refractivity contribution in [2.24, 2.45) is 5.92 Å². The van der Waals surface area contributed by atoms with Crippen LogP contribution in [0.1, 0.15) is 33.3 Å². The maximum Gasteiger partial charge on any atom is 0.279 e. The van der Waals surface area contributed by atoms with E-state index in [4.69, 9.17) is 14.2 Å². The summed E-state index contributed by atoms with van der Waals surface area (Å²) in [5.74, 6) is 1.96. The topological polar surface area (TPSA) is 89.5 Å². The molecule has 0 unspecified atom stereocenters. The van der Waals surface area contributed by atoms with Crippen LogP contribution in [-0.4, -0.2) is 65.0 Å². The van der Waals surface area contributed by atoms with Crippen LogP contribution in [0.4, 0.5) is 0 Å². The molecule has 0 radical (unpaired) electrons. The number of hydrogen-bond acceptors (Lipinski definition) is 5. The molecular formula is C23H38N4O4+2. The van der Waals surface area contributed by atoms with E-state index in [0.29, 0.717) is 17.2 Å². The standard InChI is InChI=1S/C23H36N4O4/c1-16(2)23(4,15-24)25-22(28)17(3)27-12-10-26(11-13-27)14-18-8-9-19(29-5)21(31-7)20(18)30-6/h8-9,16-17H,10-14H2,1-7H3,(H,25,28)/p+2/t17-,23+/m0/s1. The zero-order chi connectivity index (χ0) is 23.2. The van der Waals surface area contributed by atoms with Gasteiger partial charge in [-0.25, -0.2) is 0 Å². The van der Waals surface area contributed by atoms with E-state index in [1.807, 2.05) is 32.9 Å². The first-order valence-electron chi connectivity index (χ1n) is 10.9. The number of carbonyl (C=O) groups excluding carboxylic acids is 1. The highest BCUT2D eigenvalue weighted by molar-refractivity contribution is 5.81. The van der Waals surface area contributed by atoms with Gasteiger partial charge in [-0.1, -0.05) is 13.8 Å². The Kier molecular flexibility index (Phi) is 8.54. The summed E-state index contributed by atoms with van der Waals surface area (Å²) in [6.45, 7) is 12.1. The zero-order valence-electron chi connectivity index (χ0n) is 19.9. The summed E-state index contributed by atoms with van der Waals surface area (Å²) < 4.78 is 16.5. The highest BCUT2D eigenvalue weighted by Crippen LogP contribution is 2.39. The Balaban J connectivity index is 1.99. The van der Waals surface area contributed by atoms with E-state index in [9.17, 15) is 10.1 Å². The number of quaternary nitrogens is 2. The molecule has 0 bridgehead atoms. The SMILES string of the molecule is COc1ccc(C[NH+]2CC[NH+]([C@@H](C)C(=O)N[C@](C)(C#N)C(C)C)CC2)c(OC)c1OC. The molecule has 0 aliphatic carbocycles. The summed E-state index contributed by atoms with van der Waals surface area (Å²) in [5, 5.41) is 12.4. The molecule has 8 nitrogen and oxygen atoms in total. The third kappa shape index (κ3) is 5.60. The summed E-state index contributed by atoms with van der Waals surface area (Å²) in [6.07, 6.45) is 0. The van der Waals surface area contributed by atoms with Gasteiger partial charge >= 0.3 is 0 Å². The molecule has 2 rings (SSSR count). The number of piperazine rings is 1. The van der Waals surface area contributed by atoms with Crippen LogP contribution in [-0.2, 0) is 11.3 Å². The van der Waals surface area contributed by atoms with Gasteiger partial charge in [-0.05, 0) is 31.9 Å². The molecule has 0 saturated carbocycles. The van der Waals surface area contributed by atoms with Crippen molar-refractivity contribution in [2.75, 3.05) is 47.5 Å². The zero-order valence-corrected chi connectivity index (χ0v) is 19.9. The molecule has 1 aromatic carbocycles. The number of benzene rings is 1. The van der Waals surface area contributed by atoms with Crippen LogP contribution in [0.2, 0.25) is 0 Å². The second-order valence-corrected chi connectivity index (χ2v) is 8.76. The molecule has 1 aliphatic rings. The monoisotopic (exact) mass is 434 g/mol. The van der Waals surface area contributed by atoms with E-state index in [1.165, 1.54) is 9.80 Å². The highest BCUT2D eigenvalue weighted by Gasteiger charge is 2.36. The summed E-state index contributed by atoms with van der Waals surface area (Å²) in [5.41, 5.74) is 0.230. The van der Waals surface area contributed by atoms with Gasteiger partial charge in [0.25, 0.3) is 5.91 Å². The minimum atomic E-state index is -0.845. The Labute approximate surface area is 186 Å². The van der Waals surface area contributed by atoms with Crippen molar-refractivity contribution in [1.29, 1.82) is 5.26 Å². The molecule has 1 aliphatic heterocycles. The molecule has 1 amide bonds. The number of ether oxygens (including phenoxy) is 3. The second kappa shape index (κ2) is 10.7. The van der Waals surface area contributed by atoms with Gasteiger partial charge in [0, 0.05) is 0 Å². The molecule has 0 spiro atoms. The van der Waals surface area contributed by atoms with Gasteiger partial charge in [0.2, 0.25) is 5.75 Å². The Bertz CT molecular complexity index is 800. The number of methoxy groups -OCH3 is 3. The Hall–Kier alpha value is -2.50. The first-order valence-corrected chi connectivity index (χ1v) is 10.9. The molecule has 31 heavy (non-hydrogen) atoms. The normalized spacial score (nSPS) is 21.5. The minimum Gasteiger partial charge on any atom is -0.493 e. The van der Waals surface area contributed by atoms with Crippen LogP contribution < -0.4 is 29.3 Å². The van der Waals surface area contributed by atoms with Gasteiger partial charge in [-0.3, -0.25) is 4.79 Å². The third-order valence-corrected chi connectivity index (χ3v) is 6.60. The van der Waals surface area contributed by atoms with Crippen molar-refractivity contribution in [3.63, 3.8) is 0 Å². The van der Waals surface area contributed by atoms with Gasteiger partial charge in [-0.2, -0.15) is 5.26 Å². The van der Waals surface area contributed by atoms with Crippen molar-refractivity contribution < 1.29 is 28.8 Å². The van der Waals surface area contributed by atoms with Crippen molar-refractivity contribution in [3.05, 3.63) is 17.7 Å². The molecule has 1 saturated heterocycles. The Morgan fingerprint density at radius 3 is 2.19 bits per heavy atom. The fraction of sp³-hybridized carbons (Fsp3) is 0.652. The largest absolute Gasteiger partial charge is 0.493 e. The summed E-state index contributed by atoms with van der Waals surface area (Å²) in [7, 11) is 4.87. The summed E-state index contributed by atoms with van der Waals surface area (Å²) >= 11 is 0. The van der Waals surface area contributed by atoms with Crippen LogP contribution in [0, 0.1) is 17.2 Å². The maximum absolute atomic E-state index is 12.8. The maximum atomic E-state index is 12.8. The van der Waals surface area contributed by atoms with E-state index in [2.05, 4.69) is 11.4 Å². The van der Waals surface area contributed by atoms with E-state index in [0.717, 1.165) is 38.3 Å². The van der Waals surface area contributed by atoms with Gasteiger partial charge < -0.3 is 29.3 Å². The smallest absolute Gasteiger partial charge is 0.279 e. The lowest BCUT2D eigenvalue weighted by Gasteiger charge is -2.34. The molecule has 1 aromatic rings. The van der Waals surface area contributed by atoms with Crippen molar-refractivity contribution in [3.8, 4) is 23.3 Å².